The predicted molar refractivity (Wildman–Crippen MR) is 54.2 cm³/mol. The summed E-state index contributed by atoms with van der Waals surface area (Å²) in [6.07, 6.45) is 0.975. The first-order valence-electron chi connectivity index (χ1n) is 4.35. The first-order valence-corrected chi connectivity index (χ1v) is 4.35. The second kappa shape index (κ2) is 3.24. The lowest BCUT2D eigenvalue weighted by Crippen LogP contribution is -2.14. The first kappa shape index (κ1) is 9.45. The number of fused-ring (bicyclic) bond motifs is 1. The van der Waals surface area contributed by atoms with Crippen molar-refractivity contribution in [2.45, 2.75) is 6.92 Å². The van der Waals surface area contributed by atoms with Crippen molar-refractivity contribution in [3.8, 4) is 0 Å². The molecule has 1 heterocycles. The number of benzene rings is 1. The molecule has 1 N–H and O–H groups in total. The molecule has 0 saturated carbocycles. The van der Waals surface area contributed by atoms with Gasteiger partial charge in [0, 0.05) is 0 Å². The van der Waals surface area contributed by atoms with Gasteiger partial charge in [0.05, 0.1) is 5.39 Å². The van der Waals surface area contributed by atoms with Crippen molar-refractivity contribution in [3.63, 3.8) is 0 Å². The molecule has 0 spiro atoms. The first-order chi connectivity index (χ1) is 7.09. The van der Waals surface area contributed by atoms with Gasteiger partial charge in [0.25, 0.3) is 0 Å². The molecular weight excluding hydrogens is 196 g/mol. The lowest BCUT2D eigenvalue weighted by molar-refractivity contribution is 0.0693. The summed E-state index contributed by atoms with van der Waals surface area (Å²) in [5.41, 5.74) is 0.438. The SMILES string of the molecule is Cc1ccc2occ(C(=O)O)c(=O)c2c1. The Morgan fingerprint density at radius 2 is 2.13 bits per heavy atom. The number of carboxylic acids is 1. The molecule has 4 heteroatoms. The molecular formula is C11H8O4. The van der Waals surface area contributed by atoms with E-state index in [1.807, 2.05) is 6.92 Å². The minimum Gasteiger partial charge on any atom is -0.477 e. The maximum absolute atomic E-state index is 11.7. The van der Waals surface area contributed by atoms with Crippen molar-refractivity contribution in [3.05, 3.63) is 45.8 Å². The molecule has 2 rings (SSSR count). The Morgan fingerprint density at radius 1 is 1.40 bits per heavy atom. The summed E-state index contributed by atoms with van der Waals surface area (Å²) in [7, 11) is 0. The molecule has 0 atom stereocenters. The van der Waals surface area contributed by atoms with Crippen LogP contribution < -0.4 is 5.43 Å². The van der Waals surface area contributed by atoms with Gasteiger partial charge in [-0.2, -0.15) is 0 Å². The van der Waals surface area contributed by atoms with Crippen LogP contribution in [0.1, 0.15) is 15.9 Å². The zero-order chi connectivity index (χ0) is 11.0. The summed E-state index contributed by atoms with van der Waals surface area (Å²) < 4.78 is 5.06. The van der Waals surface area contributed by atoms with Gasteiger partial charge in [-0.1, -0.05) is 11.6 Å². The molecule has 1 aromatic carbocycles. The van der Waals surface area contributed by atoms with E-state index in [0.717, 1.165) is 11.8 Å². The molecule has 0 bridgehead atoms. The number of carbonyl (C=O) groups is 1. The molecule has 0 aliphatic heterocycles. The molecule has 0 saturated heterocycles. The summed E-state index contributed by atoms with van der Waals surface area (Å²) in [5, 5.41) is 9.04. The van der Waals surface area contributed by atoms with Gasteiger partial charge in [-0.25, -0.2) is 4.79 Å². The third kappa shape index (κ3) is 1.50. The highest BCUT2D eigenvalue weighted by Crippen LogP contribution is 2.13. The van der Waals surface area contributed by atoms with Crippen molar-refractivity contribution in [2.75, 3.05) is 0 Å². The second-order valence-corrected chi connectivity index (χ2v) is 3.28. The van der Waals surface area contributed by atoms with Crippen molar-refractivity contribution in [1.82, 2.24) is 0 Å². The van der Waals surface area contributed by atoms with Crippen LogP contribution in [0.4, 0.5) is 0 Å². The highest BCUT2D eigenvalue weighted by molar-refractivity contribution is 5.91. The van der Waals surface area contributed by atoms with Crippen molar-refractivity contribution >= 4 is 16.9 Å². The molecule has 4 nitrogen and oxygen atoms in total. The quantitative estimate of drug-likeness (QED) is 0.769. The summed E-state index contributed by atoms with van der Waals surface area (Å²) in [4.78, 5) is 22.4. The van der Waals surface area contributed by atoms with Crippen LogP contribution in [0.5, 0.6) is 0 Å². The van der Waals surface area contributed by atoms with Gasteiger partial charge in [0.1, 0.15) is 17.4 Å². The molecule has 15 heavy (non-hydrogen) atoms. The average Bonchev–Trinajstić information content (AvgIpc) is 2.19. The highest BCUT2D eigenvalue weighted by atomic mass is 16.4. The Kier molecular flexibility index (Phi) is 2.04. The lowest BCUT2D eigenvalue weighted by Gasteiger charge is -1.99. The largest absolute Gasteiger partial charge is 0.477 e. The second-order valence-electron chi connectivity index (χ2n) is 3.28. The van der Waals surface area contributed by atoms with Crippen LogP contribution in [0, 0.1) is 6.92 Å². The Morgan fingerprint density at radius 3 is 2.80 bits per heavy atom. The van der Waals surface area contributed by atoms with E-state index in [0.29, 0.717) is 11.0 Å². The summed E-state index contributed by atoms with van der Waals surface area (Å²) in [6, 6.07) is 5.07. The maximum Gasteiger partial charge on any atom is 0.342 e. The van der Waals surface area contributed by atoms with Gasteiger partial charge in [-0.3, -0.25) is 4.79 Å². The number of hydrogen-bond acceptors (Lipinski definition) is 3. The summed E-state index contributed by atoms with van der Waals surface area (Å²) in [6.45, 7) is 1.83. The molecule has 0 fully saturated rings. The fourth-order valence-corrected chi connectivity index (χ4v) is 1.39. The van der Waals surface area contributed by atoms with Gasteiger partial charge >= 0.3 is 5.97 Å². The van der Waals surface area contributed by atoms with Crippen LogP contribution in [0.15, 0.2) is 33.7 Å². The van der Waals surface area contributed by atoms with Crippen molar-refractivity contribution < 1.29 is 14.3 Å². The number of aromatic carboxylic acids is 1. The molecule has 0 aliphatic carbocycles. The summed E-state index contributed by atoms with van der Waals surface area (Å²) in [5.74, 6) is -1.27. The zero-order valence-corrected chi connectivity index (χ0v) is 7.98. The molecule has 0 amide bonds. The van der Waals surface area contributed by atoms with Gasteiger partial charge in [-0.05, 0) is 19.1 Å². The minimum atomic E-state index is -1.27. The van der Waals surface area contributed by atoms with Gasteiger partial charge in [0.2, 0.25) is 5.43 Å². The van der Waals surface area contributed by atoms with E-state index < -0.39 is 11.4 Å². The van der Waals surface area contributed by atoms with E-state index in [9.17, 15) is 9.59 Å². The van der Waals surface area contributed by atoms with E-state index in [1.165, 1.54) is 0 Å². The van der Waals surface area contributed by atoms with E-state index >= 15 is 0 Å². The lowest BCUT2D eigenvalue weighted by atomic mass is 10.1. The topological polar surface area (TPSA) is 67.5 Å². The van der Waals surface area contributed by atoms with Crippen LogP contribution in [0.25, 0.3) is 11.0 Å². The fraction of sp³-hybridized carbons (Fsp3) is 0.0909. The van der Waals surface area contributed by atoms with E-state index in [1.54, 1.807) is 18.2 Å². The molecule has 0 unspecified atom stereocenters. The van der Waals surface area contributed by atoms with Gasteiger partial charge in [0.15, 0.2) is 0 Å². The minimum absolute atomic E-state index is 0.301. The third-order valence-electron chi connectivity index (χ3n) is 2.16. The number of rotatable bonds is 1. The van der Waals surface area contributed by atoms with Crippen LogP contribution in [0.2, 0.25) is 0 Å². The predicted octanol–water partition coefficient (Wildman–Crippen LogP) is 1.80. The molecule has 1 aromatic heterocycles. The number of carboxylic acid groups (broad SMARTS) is 1. The van der Waals surface area contributed by atoms with Gasteiger partial charge in [-0.15, -0.1) is 0 Å². The average molecular weight is 204 g/mol. The zero-order valence-electron chi connectivity index (χ0n) is 7.98. The van der Waals surface area contributed by atoms with E-state index in [2.05, 4.69) is 0 Å². The highest BCUT2D eigenvalue weighted by Gasteiger charge is 2.12. The van der Waals surface area contributed by atoms with E-state index in [-0.39, 0.29) is 5.56 Å². The monoisotopic (exact) mass is 204 g/mol. The smallest absolute Gasteiger partial charge is 0.342 e. The summed E-state index contributed by atoms with van der Waals surface area (Å²) >= 11 is 0. The van der Waals surface area contributed by atoms with Crippen molar-refractivity contribution in [2.24, 2.45) is 0 Å². The van der Waals surface area contributed by atoms with Crippen LogP contribution in [-0.2, 0) is 0 Å². The Labute approximate surface area is 84.8 Å². The molecule has 76 valence electrons. The van der Waals surface area contributed by atoms with Crippen LogP contribution >= 0.6 is 0 Å². The van der Waals surface area contributed by atoms with Gasteiger partial charge < -0.3 is 9.52 Å². The Balaban J connectivity index is 2.89. The van der Waals surface area contributed by atoms with Crippen LogP contribution in [0.3, 0.4) is 0 Å². The van der Waals surface area contributed by atoms with E-state index in [4.69, 9.17) is 9.52 Å². The molecule has 0 aliphatic rings. The molecule has 2 aromatic rings. The normalized spacial score (nSPS) is 10.5. The Hall–Kier alpha value is -2.10. The molecule has 0 radical (unpaired) electrons. The van der Waals surface area contributed by atoms with Crippen molar-refractivity contribution in [1.29, 1.82) is 0 Å². The number of aryl methyl sites for hydroxylation is 1. The third-order valence-corrected chi connectivity index (χ3v) is 2.16. The fourth-order valence-electron chi connectivity index (χ4n) is 1.39. The standard InChI is InChI=1S/C11H8O4/c1-6-2-3-9-7(4-6)10(12)8(5-15-9)11(13)14/h2-5H,1H3,(H,13,14). The number of hydrogen-bond donors (Lipinski definition) is 1. The Bertz CT molecular complexity index is 595. The maximum atomic E-state index is 11.7. The van der Waals surface area contributed by atoms with Crippen LogP contribution in [-0.4, -0.2) is 11.1 Å².